The van der Waals surface area contributed by atoms with Crippen LogP contribution in [0.4, 0.5) is 4.79 Å². The lowest BCUT2D eigenvalue weighted by atomic mass is 10.1. The van der Waals surface area contributed by atoms with Crippen molar-refractivity contribution in [1.29, 1.82) is 0 Å². The number of fused-ring (bicyclic) bond motifs is 1. The minimum Gasteiger partial charge on any atom is -0.484 e. The third-order valence-electron chi connectivity index (χ3n) is 4.63. The lowest BCUT2D eigenvalue weighted by Crippen LogP contribution is -2.47. The van der Waals surface area contributed by atoms with Crippen LogP contribution in [0.5, 0.6) is 5.75 Å². The number of aromatic amines is 1. The second-order valence-corrected chi connectivity index (χ2v) is 8.12. The minimum atomic E-state index is -0.515. The molecule has 8 nitrogen and oxygen atoms in total. The number of nitrogens with zero attached hydrogens (tertiary/aromatic N) is 1. The number of aromatic nitrogens is 1. The van der Waals surface area contributed by atoms with Gasteiger partial charge in [0.1, 0.15) is 11.4 Å². The maximum atomic E-state index is 12.3. The summed E-state index contributed by atoms with van der Waals surface area (Å²) in [6, 6.07) is 5.72. The first-order valence-corrected chi connectivity index (χ1v) is 10.00. The van der Waals surface area contributed by atoms with E-state index in [9.17, 15) is 9.59 Å². The fraction of sp³-hybridized carbons (Fsp3) is 0.524. The van der Waals surface area contributed by atoms with Crippen molar-refractivity contribution in [2.45, 2.75) is 32.8 Å². The standard InChI is InChI=1S/C21H30N4O4/c1-21(2,3)29-20(27)23-7-6-15-13-24-18-5-4-16(12-17(15)18)28-14-19(26)25-10-8-22-9-11-25/h4-5,12-13,22,24H,6-11,14H2,1-3H3,(H,23,27). The fourth-order valence-electron chi connectivity index (χ4n) is 3.22. The zero-order valence-electron chi connectivity index (χ0n) is 17.3. The number of alkyl carbamates (subject to hydrolysis) is 1. The Morgan fingerprint density at radius 3 is 2.69 bits per heavy atom. The summed E-state index contributed by atoms with van der Waals surface area (Å²) < 4.78 is 11.0. The predicted octanol–water partition coefficient (Wildman–Crippen LogP) is 2.05. The molecule has 0 bridgehead atoms. The molecule has 1 aliphatic rings. The van der Waals surface area contributed by atoms with E-state index in [1.165, 1.54) is 0 Å². The molecule has 0 radical (unpaired) electrons. The summed E-state index contributed by atoms with van der Waals surface area (Å²) in [4.78, 5) is 29.1. The van der Waals surface area contributed by atoms with Crippen LogP contribution < -0.4 is 15.4 Å². The molecule has 3 N–H and O–H groups in total. The van der Waals surface area contributed by atoms with Crippen LogP contribution in [0, 0.1) is 0 Å². The Hall–Kier alpha value is -2.74. The van der Waals surface area contributed by atoms with E-state index < -0.39 is 11.7 Å². The summed E-state index contributed by atoms with van der Waals surface area (Å²) in [5.74, 6) is 0.657. The highest BCUT2D eigenvalue weighted by atomic mass is 16.6. The molecule has 8 heteroatoms. The van der Waals surface area contributed by atoms with Gasteiger partial charge < -0.3 is 30.0 Å². The molecule has 3 rings (SSSR count). The number of rotatable bonds is 6. The van der Waals surface area contributed by atoms with Crippen LogP contribution in [0.25, 0.3) is 10.9 Å². The predicted molar refractivity (Wildman–Crippen MR) is 111 cm³/mol. The van der Waals surface area contributed by atoms with Gasteiger partial charge in [-0.3, -0.25) is 4.79 Å². The van der Waals surface area contributed by atoms with Gasteiger partial charge in [-0.1, -0.05) is 0 Å². The number of amides is 2. The molecule has 29 heavy (non-hydrogen) atoms. The van der Waals surface area contributed by atoms with E-state index in [0.29, 0.717) is 31.8 Å². The van der Waals surface area contributed by atoms with Gasteiger partial charge in [0.15, 0.2) is 6.61 Å². The first kappa shape index (κ1) is 21.0. The van der Waals surface area contributed by atoms with Gasteiger partial charge in [0.05, 0.1) is 0 Å². The van der Waals surface area contributed by atoms with Crippen molar-refractivity contribution in [1.82, 2.24) is 20.5 Å². The smallest absolute Gasteiger partial charge is 0.407 e. The van der Waals surface area contributed by atoms with Crippen molar-refractivity contribution < 1.29 is 19.1 Å². The topological polar surface area (TPSA) is 95.7 Å². The van der Waals surface area contributed by atoms with Crippen LogP contribution in [0.2, 0.25) is 0 Å². The molecule has 0 spiro atoms. The normalized spacial score (nSPS) is 14.7. The zero-order chi connectivity index (χ0) is 20.9. The maximum absolute atomic E-state index is 12.3. The third kappa shape index (κ3) is 6.12. The van der Waals surface area contributed by atoms with Crippen LogP contribution in [-0.2, 0) is 16.0 Å². The van der Waals surface area contributed by atoms with Crippen molar-refractivity contribution in [2.75, 3.05) is 39.3 Å². The molecule has 0 unspecified atom stereocenters. The van der Waals surface area contributed by atoms with Crippen LogP contribution in [-0.4, -0.2) is 66.8 Å². The van der Waals surface area contributed by atoms with Crippen molar-refractivity contribution in [3.8, 4) is 5.75 Å². The fourth-order valence-corrected chi connectivity index (χ4v) is 3.22. The number of carbonyl (C=O) groups excluding carboxylic acids is 2. The second-order valence-electron chi connectivity index (χ2n) is 8.12. The van der Waals surface area contributed by atoms with Crippen LogP contribution in [0.3, 0.4) is 0 Å². The van der Waals surface area contributed by atoms with Gasteiger partial charge in [0.2, 0.25) is 0 Å². The summed E-state index contributed by atoms with van der Waals surface area (Å²) >= 11 is 0. The van der Waals surface area contributed by atoms with E-state index in [2.05, 4.69) is 15.6 Å². The number of nitrogens with one attached hydrogen (secondary N) is 3. The zero-order valence-corrected chi connectivity index (χ0v) is 17.3. The Kier molecular flexibility index (Phi) is 6.64. The molecule has 0 saturated carbocycles. The SMILES string of the molecule is CC(C)(C)OC(=O)NCCc1c[nH]c2ccc(OCC(=O)N3CCNCC3)cc12. The Balaban J connectivity index is 1.55. The van der Waals surface area contributed by atoms with Gasteiger partial charge in [0, 0.05) is 49.8 Å². The number of H-pyrrole nitrogens is 1. The van der Waals surface area contributed by atoms with Crippen molar-refractivity contribution in [2.24, 2.45) is 0 Å². The Morgan fingerprint density at radius 2 is 1.97 bits per heavy atom. The number of benzene rings is 1. The number of hydrogen-bond acceptors (Lipinski definition) is 5. The number of carbonyl (C=O) groups is 2. The monoisotopic (exact) mass is 402 g/mol. The Bertz CT molecular complexity index is 850. The van der Waals surface area contributed by atoms with E-state index in [0.717, 1.165) is 29.6 Å². The number of ether oxygens (including phenoxy) is 2. The molecule has 2 aromatic rings. The maximum Gasteiger partial charge on any atom is 0.407 e. The molecular weight excluding hydrogens is 372 g/mol. The summed E-state index contributed by atoms with van der Waals surface area (Å²) in [7, 11) is 0. The van der Waals surface area contributed by atoms with Gasteiger partial charge in [0.25, 0.3) is 5.91 Å². The first-order valence-electron chi connectivity index (χ1n) is 10.00. The quantitative estimate of drug-likeness (QED) is 0.687. The lowest BCUT2D eigenvalue weighted by molar-refractivity contribution is -0.133. The molecule has 1 saturated heterocycles. The van der Waals surface area contributed by atoms with Crippen LogP contribution in [0.15, 0.2) is 24.4 Å². The van der Waals surface area contributed by atoms with Gasteiger partial charge >= 0.3 is 6.09 Å². The van der Waals surface area contributed by atoms with Gasteiger partial charge in [-0.2, -0.15) is 0 Å². The van der Waals surface area contributed by atoms with Crippen LogP contribution >= 0.6 is 0 Å². The van der Waals surface area contributed by atoms with Crippen molar-refractivity contribution in [3.63, 3.8) is 0 Å². The molecule has 1 aliphatic heterocycles. The summed E-state index contributed by atoms with van der Waals surface area (Å²) in [5, 5.41) is 7.02. The van der Waals surface area contributed by atoms with Gasteiger partial charge in [-0.25, -0.2) is 4.79 Å². The molecule has 158 valence electrons. The molecule has 2 heterocycles. The van der Waals surface area contributed by atoms with E-state index in [4.69, 9.17) is 9.47 Å². The van der Waals surface area contributed by atoms with E-state index in [1.807, 2.05) is 50.1 Å². The Labute approximate surface area is 170 Å². The molecule has 2 amide bonds. The van der Waals surface area contributed by atoms with Crippen molar-refractivity contribution >= 4 is 22.9 Å². The van der Waals surface area contributed by atoms with E-state index in [1.54, 1.807) is 0 Å². The minimum absolute atomic E-state index is 0.00227. The molecule has 1 aromatic carbocycles. The first-order chi connectivity index (χ1) is 13.8. The highest BCUT2D eigenvalue weighted by Crippen LogP contribution is 2.24. The van der Waals surface area contributed by atoms with E-state index in [-0.39, 0.29) is 12.5 Å². The van der Waals surface area contributed by atoms with Crippen LogP contribution in [0.1, 0.15) is 26.3 Å². The average Bonchev–Trinajstić information content (AvgIpc) is 3.08. The van der Waals surface area contributed by atoms with Crippen molar-refractivity contribution in [3.05, 3.63) is 30.0 Å². The number of hydrogen-bond donors (Lipinski definition) is 3. The second kappa shape index (κ2) is 9.17. The average molecular weight is 402 g/mol. The number of piperazine rings is 1. The third-order valence-corrected chi connectivity index (χ3v) is 4.63. The highest BCUT2D eigenvalue weighted by molar-refractivity contribution is 5.85. The molecule has 1 aromatic heterocycles. The molecular formula is C21H30N4O4. The van der Waals surface area contributed by atoms with Gasteiger partial charge in [-0.15, -0.1) is 0 Å². The highest BCUT2D eigenvalue weighted by Gasteiger charge is 2.17. The molecule has 0 atom stereocenters. The summed E-state index contributed by atoms with van der Waals surface area (Å²) in [6.07, 6.45) is 2.16. The van der Waals surface area contributed by atoms with Gasteiger partial charge in [-0.05, 0) is 51.0 Å². The molecule has 0 aliphatic carbocycles. The summed E-state index contributed by atoms with van der Waals surface area (Å²) in [5.41, 5.74) is 1.53. The van der Waals surface area contributed by atoms with E-state index >= 15 is 0 Å². The molecule has 1 fully saturated rings. The largest absolute Gasteiger partial charge is 0.484 e. The summed E-state index contributed by atoms with van der Waals surface area (Å²) in [6.45, 7) is 9.08. The Morgan fingerprint density at radius 1 is 1.21 bits per heavy atom. The lowest BCUT2D eigenvalue weighted by Gasteiger charge is -2.27.